The fourth-order valence-corrected chi connectivity index (χ4v) is 14.1. The molecule has 1 aliphatic heterocycles. The summed E-state index contributed by atoms with van der Waals surface area (Å²) in [6.07, 6.45) is 9.97. The summed E-state index contributed by atoms with van der Waals surface area (Å²) in [6.45, 7) is 6.52. The lowest BCUT2D eigenvalue weighted by molar-refractivity contribution is 0.981. The van der Waals surface area contributed by atoms with Crippen LogP contribution < -0.4 is 0 Å². The molecule has 0 N–H and O–H groups in total. The number of aromatic nitrogens is 4. The van der Waals surface area contributed by atoms with Gasteiger partial charge in [0.1, 0.15) is 22.4 Å². The molecule has 1 atom stereocenters. The highest BCUT2D eigenvalue weighted by molar-refractivity contribution is 8.07. The highest BCUT2D eigenvalue weighted by atomic mass is 32.2. The number of thiophene rings is 4. The lowest BCUT2D eigenvalue weighted by Gasteiger charge is -2.15. The third-order valence-corrected chi connectivity index (χ3v) is 16.5. The third-order valence-electron chi connectivity index (χ3n) is 8.96. The molecule has 49 heavy (non-hydrogen) atoms. The predicted octanol–water partition coefficient (Wildman–Crippen LogP) is 12.6. The number of thioether (sulfide) groups is 1. The van der Waals surface area contributed by atoms with E-state index >= 15 is 0 Å². The first-order valence-electron chi connectivity index (χ1n) is 15.3. The summed E-state index contributed by atoms with van der Waals surface area (Å²) in [5.74, 6) is 3.44. The number of benzene rings is 1. The molecule has 8 aromatic rings. The van der Waals surface area contributed by atoms with Crippen LogP contribution in [0.4, 0.5) is 11.4 Å². The van der Waals surface area contributed by atoms with Gasteiger partial charge in [-0.05, 0) is 38.1 Å². The van der Waals surface area contributed by atoms with Crippen LogP contribution in [-0.4, -0.2) is 17.9 Å². The van der Waals surface area contributed by atoms with Crippen molar-refractivity contribution in [1.29, 1.82) is 0 Å². The molecule has 1 aromatic carbocycles. The van der Waals surface area contributed by atoms with Crippen molar-refractivity contribution in [3.05, 3.63) is 67.1 Å². The molecule has 0 saturated heterocycles. The van der Waals surface area contributed by atoms with E-state index in [0.717, 1.165) is 48.2 Å². The fraction of sp³-hybridized carbons (Fsp3) is 0.200. The fourth-order valence-electron chi connectivity index (χ4n) is 6.65. The Morgan fingerprint density at radius 3 is 2.10 bits per heavy atom. The molecule has 9 rings (SSSR count). The van der Waals surface area contributed by atoms with E-state index in [2.05, 4.69) is 80.3 Å². The minimum Gasteiger partial charge on any atom is -0.342 e. The number of hydrogen-bond donors (Lipinski definition) is 1. The Morgan fingerprint density at radius 2 is 1.43 bits per heavy atom. The third kappa shape index (κ3) is 5.00. The van der Waals surface area contributed by atoms with Gasteiger partial charge in [-0.15, -0.1) is 76.2 Å². The van der Waals surface area contributed by atoms with Gasteiger partial charge in [-0.25, -0.2) is 0 Å². The van der Waals surface area contributed by atoms with Crippen molar-refractivity contribution in [2.75, 3.05) is 0 Å². The Kier molecular flexibility index (Phi) is 7.86. The van der Waals surface area contributed by atoms with Gasteiger partial charge in [-0.2, -0.15) is 17.5 Å². The van der Waals surface area contributed by atoms with Crippen molar-refractivity contribution >= 4 is 166 Å². The van der Waals surface area contributed by atoms with Gasteiger partial charge in [0, 0.05) is 72.3 Å². The zero-order valence-electron chi connectivity index (χ0n) is 26.8. The van der Waals surface area contributed by atoms with Crippen molar-refractivity contribution < 1.29 is 0 Å². The summed E-state index contributed by atoms with van der Waals surface area (Å²) in [6, 6.07) is 9.07. The van der Waals surface area contributed by atoms with Crippen LogP contribution in [0, 0.1) is 26.2 Å². The number of allylic oxidation sites excluding steroid dienone is 2. The Balaban J connectivity index is 1.06. The molecule has 1 aliphatic rings. The maximum absolute atomic E-state index is 5.87. The van der Waals surface area contributed by atoms with E-state index in [1.54, 1.807) is 23.1 Å². The number of aryl methyl sites for hydroxylation is 4. The summed E-state index contributed by atoms with van der Waals surface area (Å²) < 4.78 is 29.2. The molecule has 1 unspecified atom stereocenters. The second-order valence-corrected chi connectivity index (χ2v) is 19.2. The standard InChI is InChI=1S/C35H26N6S8/c1-7-8-24(26-13-22-35(47-26)33-20(41(22)6)11-17(4)45-33)43-14-18-28-30(38-48-36-28)27(31-29(18)37-49-39-31)15(2)9-23(42)25-12-21-34(46-25)32-19(40(21)5)10-16(3)44-32/h1,8-13,15,42H,14H2,2-6H3/b23-9-,24-8-. The van der Waals surface area contributed by atoms with Gasteiger partial charge in [0.05, 0.1) is 63.9 Å². The van der Waals surface area contributed by atoms with Crippen LogP contribution in [0.25, 0.3) is 61.7 Å². The molecule has 0 aliphatic carbocycles. The van der Waals surface area contributed by atoms with Gasteiger partial charge in [0.15, 0.2) is 0 Å². The quantitative estimate of drug-likeness (QED) is 0.129. The molecule has 0 spiro atoms. The van der Waals surface area contributed by atoms with Crippen LogP contribution in [0.15, 0.2) is 45.1 Å². The minimum atomic E-state index is -0.00520. The van der Waals surface area contributed by atoms with Gasteiger partial charge in [-0.3, -0.25) is 0 Å². The monoisotopic (exact) mass is 786 g/mol. The lowest BCUT2D eigenvalue weighted by atomic mass is 9.94. The maximum atomic E-state index is 5.87. The summed E-state index contributed by atoms with van der Waals surface area (Å²) in [5.41, 5.74) is 10.7. The second kappa shape index (κ2) is 12.1. The average Bonchev–Trinajstić information content (AvgIpc) is 3.92. The molecular weight excluding hydrogens is 761 g/mol. The summed E-state index contributed by atoms with van der Waals surface area (Å²) in [4.78, 5) is 6.99. The summed E-state index contributed by atoms with van der Waals surface area (Å²) in [7, 11) is 4.29. The van der Waals surface area contributed by atoms with Gasteiger partial charge < -0.3 is 9.13 Å². The van der Waals surface area contributed by atoms with E-state index in [0.29, 0.717) is 5.75 Å². The van der Waals surface area contributed by atoms with E-state index < -0.39 is 0 Å². The molecule has 14 heteroatoms. The lowest BCUT2D eigenvalue weighted by Crippen LogP contribution is -1.97. The van der Waals surface area contributed by atoms with Crippen molar-refractivity contribution in [2.24, 2.45) is 22.8 Å². The molecule has 0 radical (unpaired) electrons. The van der Waals surface area contributed by atoms with E-state index in [9.17, 15) is 0 Å². The van der Waals surface area contributed by atoms with Gasteiger partial charge in [-0.1, -0.05) is 18.9 Å². The van der Waals surface area contributed by atoms with E-state index in [1.165, 1.54) is 78.6 Å². The normalized spacial score (nSPS) is 14.3. The van der Waals surface area contributed by atoms with Crippen LogP contribution in [-0.2, 0) is 31.2 Å². The molecule has 8 heterocycles. The number of thiol groups is 1. The topological polar surface area (TPSA) is 60.4 Å². The Morgan fingerprint density at radius 1 is 0.857 bits per heavy atom. The number of terminal acetylenes is 1. The van der Waals surface area contributed by atoms with Crippen molar-refractivity contribution in [3.63, 3.8) is 0 Å². The zero-order chi connectivity index (χ0) is 33.7. The van der Waals surface area contributed by atoms with Crippen LogP contribution in [0.1, 0.15) is 43.5 Å². The second-order valence-electron chi connectivity index (χ2n) is 12.0. The first-order chi connectivity index (χ1) is 23.7. The van der Waals surface area contributed by atoms with Gasteiger partial charge >= 0.3 is 0 Å². The van der Waals surface area contributed by atoms with Crippen molar-refractivity contribution in [2.45, 2.75) is 32.4 Å². The molecule has 0 bridgehead atoms. The minimum absolute atomic E-state index is 0.00520. The molecular formula is C35H26N6S8. The Bertz CT molecular complexity index is 2860. The SMILES string of the molecule is C#C/C=C(\SCc1c2c(c(C(C)/C=C(\S)c3cc4c(s3)c3sc(C)cc3n4C)c3nsnc13)N=S=N2)c1cc2c(s1)c1sc(C)cc1n2C. The van der Waals surface area contributed by atoms with Crippen LogP contribution >= 0.6 is 81.5 Å². The number of fused-ring (bicyclic) bond motifs is 8. The van der Waals surface area contributed by atoms with Crippen LogP contribution in [0.3, 0.4) is 0 Å². The average molecular weight is 787 g/mol. The summed E-state index contributed by atoms with van der Waals surface area (Å²) >= 11 is 16.6. The number of rotatable bonds is 7. The van der Waals surface area contributed by atoms with Crippen molar-refractivity contribution in [3.8, 4) is 12.3 Å². The Labute approximate surface area is 315 Å². The number of hydrogen-bond acceptors (Lipinski definition) is 11. The molecule has 6 nitrogen and oxygen atoms in total. The van der Waals surface area contributed by atoms with E-state index in [-0.39, 0.29) is 5.92 Å². The molecule has 244 valence electrons. The predicted molar refractivity (Wildman–Crippen MR) is 224 cm³/mol. The van der Waals surface area contributed by atoms with Gasteiger partial charge in [0.2, 0.25) is 0 Å². The van der Waals surface area contributed by atoms with Gasteiger partial charge in [0.25, 0.3) is 0 Å². The smallest absolute Gasteiger partial charge is 0.111 e. The molecule has 0 amide bonds. The zero-order valence-corrected chi connectivity index (χ0v) is 33.4. The highest BCUT2D eigenvalue weighted by Crippen LogP contribution is 2.51. The molecule has 7 aromatic heterocycles. The summed E-state index contributed by atoms with van der Waals surface area (Å²) in [5, 5.41) is 0. The van der Waals surface area contributed by atoms with Crippen LogP contribution in [0.2, 0.25) is 0 Å². The Hall–Kier alpha value is -3.00. The van der Waals surface area contributed by atoms with Crippen molar-refractivity contribution in [1.82, 2.24) is 17.9 Å². The highest BCUT2D eigenvalue weighted by Gasteiger charge is 2.27. The number of nitrogens with zero attached hydrogens (tertiary/aromatic N) is 6. The first-order valence-corrected chi connectivity index (χ1v) is 21.4. The molecule has 0 fully saturated rings. The maximum Gasteiger partial charge on any atom is 0.111 e. The largest absolute Gasteiger partial charge is 0.342 e. The molecule has 0 saturated carbocycles. The van der Waals surface area contributed by atoms with Crippen LogP contribution in [0.5, 0.6) is 0 Å². The van der Waals surface area contributed by atoms with E-state index in [4.69, 9.17) is 36.5 Å². The van der Waals surface area contributed by atoms with E-state index in [1.807, 2.05) is 40.1 Å². The first kappa shape index (κ1) is 31.9.